The van der Waals surface area contributed by atoms with Gasteiger partial charge in [-0.1, -0.05) is 22.0 Å². The first kappa shape index (κ1) is 14.1. The molecule has 0 atom stereocenters. The van der Waals surface area contributed by atoms with E-state index in [2.05, 4.69) is 31.9 Å². The quantitative estimate of drug-likeness (QED) is 0.641. The molecule has 98 valence electrons. The van der Waals surface area contributed by atoms with Crippen LogP contribution in [0.2, 0.25) is 0 Å². The number of nitrogen functional groups attached to an aromatic ring is 1. The van der Waals surface area contributed by atoms with Gasteiger partial charge < -0.3 is 10.5 Å². The molecule has 0 radical (unpaired) electrons. The molecule has 0 fully saturated rings. The molecule has 2 aromatic carbocycles. The summed E-state index contributed by atoms with van der Waals surface area (Å²) in [5.74, 6) is 0.389. The molecule has 0 saturated heterocycles. The number of rotatable bonds is 3. The lowest BCUT2D eigenvalue weighted by Crippen LogP contribution is -2.06. The largest absolute Gasteiger partial charge is 0.496 e. The minimum Gasteiger partial charge on any atom is -0.496 e. The molecule has 0 saturated carbocycles. The number of ketones is 1. The highest BCUT2D eigenvalue weighted by atomic mass is 79.9. The number of anilines is 1. The van der Waals surface area contributed by atoms with Crippen molar-refractivity contribution in [2.24, 2.45) is 0 Å². The smallest absolute Gasteiger partial charge is 0.198 e. The van der Waals surface area contributed by atoms with E-state index < -0.39 is 0 Å². The molecule has 0 spiro atoms. The number of ether oxygens (including phenoxy) is 1. The van der Waals surface area contributed by atoms with Crippen LogP contribution in [-0.2, 0) is 0 Å². The average Bonchev–Trinajstić information content (AvgIpc) is 2.41. The number of halogens is 2. The van der Waals surface area contributed by atoms with Crippen LogP contribution in [0.25, 0.3) is 0 Å². The van der Waals surface area contributed by atoms with Crippen molar-refractivity contribution in [3.05, 3.63) is 56.5 Å². The van der Waals surface area contributed by atoms with E-state index in [1.54, 1.807) is 30.3 Å². The van der Waals surface area contributed by atoms with Crippen molar-refractivity contribution >= 4 is 43.3 Å². The maximum absolute atomic E-state index is 12.6. The van der Waals surface area contributed by atoms with Crippen molar-refractivity contribution in [1.29, 1.82) is 0 Å². The Labute approximate surface area is 128 Å². The second-order valence-electron chi connectivity index (χ2n) is 3.88. The van der Waals surface area contributed by atoms with Crippen LogP contribution in [0, 0.1) is 0 Å². The summed E-state index contributed by atoms with van der Waals surface area (Å²) in [6.45, 7) is 0. The van der Waals surface area contributed by atoms with Crippen LogP contribution in [0.15, 0.2) is 45.3 Å². The number of benzene rings is 2. The molecule has 0 aromatic heterocycles. The second kappa shape index (κ2) is 5.75. The van der Waals surface area contributed by atoms with E-state index in [0.717, 1.165) is 4.47 Å². The van der Waals surface area contributed by atoms with Gasteiger partial charge in [0.2, 0.25) is 0 Å². The summed E-state index contributed by atoms with van der Waals surface area (Å²) in [6.07, 6.45) is 0. The molecule has 0 aliphatic rings. The Morgan fingerprint density at radius 1 is 1.16 bits per heavy atom. The highest BCUT2D eigenvalue weighted by Crippen LogP contribution is 2.30. The lowest BCUT2D eigenvalue weighted by molar-refractivity contribution is 0.103. The van der Waals surface area contributed by atoms with E-state index in [-0.39, 0.29) is 5.78 Å². The summed E-state index contributed by atoms with van der Waals surface area (Å²) in [5, 5.41) is 0. The normalized spacial score (nSPS) is 10.3. The Morgan fingerprint density at radius 2 is 1.89 bits per heavy atom. The fourth-order valence-electron chi connectivity index (χ4n) is 1.73. The fraction of sp³-hybridized carbons (Fsp3) is 0.0714. The Bertz CT molecular complexity index is 641. The van der Waals surface area contributed by atoms with Gasteiger partial charge in [0.25, 0.3) is 0 Å². The molecule has 0 unspecified atom stereocenters. The molecule has 0 bridgehead atoms. The zero-order valence-electron chi connectivity index (χ0n) is 10.1. The van der Waals surface area contributed by atoms with Crippen LogP contribution in [-0.4, -0.2) is 12.9 Å². The average molecular weight is 385 g/mol. The summed E-state index contributed by atoms with van der Waals surface area (Å²) in [4.78, 5) is 12.6. The van der Waals surface area contributed by atoms with Gasteiger partial charge >= 0.3 is 0 Å². The van der Waals surface area contributed by atoms with Crippen molar-refractivity contribution in [2.45, 2.75) is 0 Å². The Hall–Kier alpha value is -1.33. The molecule has 0 aliphatic heterocycles. The van der Waals surface area contributed by atoms with Gasteiger partial charge in [-0.15, -0.1) is 0 Å². The van der Waals surface area contributed by atoms with Gasteiger partial charge in [0.05, 0.1) is 17.1 Å². The minimum atomic E-state index is -0.141. The number of carbonyl (C=O) groups excluding carboxylic acids is 1. The van der Waals surface area contributed by atoms with Gasteiger partial charge in [-0.3, -0.25) is 4.79 Å². The van der Waals surface area contributed by atoms with Gasteiger partial charge in [-0.25, -0.2) is 0 Å². The zero-order valence-corrected chi connectivity index (χ0v) is 13.3. The van der Waals surface area contributed by atoms with Crippen molar-refractivity contribution in [3.63, 3.8) is 0 Å². The Morgan fingerprint density at radius 3 is 2.58 bits per heavy atom. The Balaban J connectivity index is 2.56. The van der Waals surface area contributed by atoms with Gasteiger partial charge in [-0.05, 0) is 46.3 Å². The van der Waals surface area contributed by atoms with Crippen LogP contribution in [0.1, 0.15) is 15.9 Å². The SMILES string of the molecule is COc1ccc(Br)cc1C(=O)c1cccc(N)c1Br. The lowest BCUT2D eigenvalue weighted by Gasteiger charge is -2.10. The maximum Gasteiger partial charge on any atom is 0.198 e. The summed E-state index contributed by atoms with van der Waals surface area (Å²) in [7, 11) is 1.54. The lowest BCUT2D eigenvalue weighted by atomic mass is 10.0. The van der Waals surface area contributed by atoms with Crippen molar-refractivity contribution in [2.75, 3.05) is 12.8 Å². The third kappa shape index (κ3) is 2.82. The van der Waals surface area contributed by atoms with Crippen molar-refractivity contribution in [1.82, 2.24) is 0 Å². The number of hydrogen-bond donors (Lipinski definition) is 1. The maximum atomic E-state index is 12.6. The van der Waals surface area contributed by atoms with E-state index in [4.69, 9.17) is 10.5 Å². The minimum absolute atomic E-state index is 0.141. The van der Waals surface area contributed by atoms with E-state index in [1.807, 2.05) is 6.07 Å². The van der Waals surface area contributed by atoms with Crippen LogP contribution < -0.4 is 10.5 Å². The molecule has 0 aliphatic carbocycles. The summed E-state index contributed by atoms with van der Waals surface area (Å²) in [5.41, 5.74) is 7.32. The molecule has 2 rings (SSSR count). The molecule has 2 N–H and O–H groups in total. The fourth-order valence-corrected chi connectivity index (χ4v) is 2.53. The third-order valence-electron chi connectivity index (χ3n) is 2.68. The first-order valence-corrected chi connectivity index (χ1v) is 7.05. The number of methoxy groups -OCH3 is 1. The van der Waals surface area contributed by atoms with Gasteiger partial charge in [0.15, 0.2) is 5.78 Å². The number of hydrogen-bond acceptors (Lipinski definition) is 3. The predicted molar refractivity (Wildman–Crippen MR) is 82.7 cm³/mol. The first-order valence-electron chi connectivity index (χ1n) is 5.47. The van der Waals surface area contributed by atoms with Crippen LogP contribution in [0.5, 0.6) is 5.75 Å². The number of carbonyl (C=O) groups is 1. The molecule has 0 heterocycles. The topological polar surface area (TPSA) is 52.3 Å². The van der Waals surface area contributed by atoms with Crippen molar-refractivity contribution < 1.29 is 9.53 Å². The van der Waals surface area contributed by atoms with Gasteiger partial charge in [0.1, 0.15) is 5.75 Å². The van der Waals surface area contributed by atoms with E-state index in [9.17, 15) is 4.79 Å². The highest BCUT2D eigenvalue weighted by molar-refractivity contribution is 9.11. The molecular formula is C14H11Br2NO2. The standard InChI is InChI=1S/C14H11Br2NO2/c1-19-12-6-5-8(15)7-10(12)14(18)9-3-2-4-11(17)13(9)16/h2-7H,17H2,1H3. The molecule has 2 aromatic rings. The summed E-state index contributed by atoms with van der Waals surface area (Å²) in [6, 6.07) is 10.5. The molecular weight excluding hydrogens is 374 g/mol. The molecule has 0 amide bonds. The van der Waals surface area contributed by atoms with Gasteiger partial charge in [-0.2, -0.15) is 0 Å². The molecule has 5 heteroatoms. The predicted octanol–water partition coefficient (Wildman–Crippen LogP) is 4.03. The number of nitrogens with two attached hydrogens (primary N) is 1. The van der Waals surface area contributed by atoms with Crippen LogP contribution >= 0.6 is 31.9 Å². The summed E-state index contributed by atoms with van der Waals surface area (Å²) >= 11 is 6.70. The zero-order chi connectivity index (χ0) is 14.0. The molecule has 3 nitrogen and oxygen atoms in total. The van der Waals surface area contributed by atoms with Gasteiger partial charge in [0, 0.05) is 15.7 Å². The molecule has 19 heavy (non-hydrogen) atoms. The first-order chi connectivity index (χ1) is 9.04. The third-order valence-corrected chi connectivity index (χ3v) is 4.06. The highest BCUT2D eigenvalue weighted by Gasteiger charge is 2.18. The monoisotopic (exact) mass is 383 g/mol. The summed E-state index contributed by atoms with van der Waals surface area (Å²) < 4.78 is 6.64. The van der Waals surface area contributed by atoms with E-state index in [1.165, 1.54) is 7.11 Å². The van der Waals surface area contributed by atoms with E-state index >= 15 is 0 Å². The Kier molecular flexibility index (Phi) is 4.27. The van der Waals surface area contributed by atoms with Crippen molar-refractivity contribution in [3.8, 4) is 5.75 Å². The second-order valence-corrected chi connectivity index (χ2v) is 5.59. The van der Waals surface area contributed by atoms with Crippen LogP contribution in [0.4, 0.5) is 5.69 Å². The van der Waals surface area contributed by atoms with E-state index in [0.29, 0.717) is 27.0 Å². The van der Waals surface area contributed by atoms with Crippen LogP contribution in [0.3, 0.4) is 0 Å².